The molecular weight excluding hydrogens is 370 g/mol. The van der Waals surface area contributed by atoms with E-state index in [-0.39, 0.29) is 17.3 Å². The number of ether oxygens (including phenoxy) is 1. The van der Waals surface area contributed by atoms with E-state index in [1.807, 2.05) is 32.0 Å². The number of fused-ring (bicyclic) bond motifs is 5. The van der Waals surface area contributed by atoms with Crippen molar-refractivity contribution in [3.05, 3.63) is 47.3 Å². The van der Waals surface area contributed by atoms with Crippen molar-refractivity contribution in [3.8, 4) is 22.9 Å². The number of nitrogens with zero attached hydrogens (tertiary/aromatic N) is 4. The van der Waals surface area contributed by atoms with Gasteiger partial charge in [0.25, 0.3) is 0 Å². The van der Waals surface area contributed by atoms with Gasteiger partial charge in [0.1, 0.15) is 17.9 Å². The van der Waals surface area contributed by atoms with Crippen molar-refractivity contribution in [1.82, 2.24) is 14.8 Å². The second-order valence-corrected chi connectivity index (χ2v) is 6.84. The number of aryl methyl sites for hydroxylation is 2. The van der Waals surface area contributed by atoms with E-state index in [0.717, 1.165) is 11.1 Å². The van der Waals surface area contributed by atoms with E-state index in [4.69, 9.17) is 10.5 Å². The van der Waals surface area contributed by atoms with Gasteiger partial charge in [-0.25, -0.2) is 9.78 Å². The van der Waals surface area contributed by atoms with Crippen LogP contribution in [0.3, 0.4) is 0 Å². The Morgan fingerprint density at radius 2 is 2.10 bits per heavy atom. The number of hydrogen-bond acceptors (Lipinski definition) is 6. The zero-order valence-corrected chi connectivity index (χ0v) is 16.1. The Morgan fingerprint density at radius 1 is 1.31 bits per heavy atom. The summed E-state index contributed by atoms with van der Waals surface area (Å²) in [6.07, 6.45) is 1.12. The summed E-state index contributed by atoms with van der Waals surface area (Å²) in [5.74, 6) is 0.849. The van der Waals surface area contributed by atoms with Gasteiger partial charge in [0.05, 0.1) is 5.56 Å². The zero-order valence-electron chi connectivity index (χ0n) is 16.1. The lowest BCUT2D eigenvalue weighted by Gasteiger charge is -2.21. The van der Waals surface area contributed by atoms with Crippen LogP contribution in [0.1, 0.15) is 29.8 Å². The summed E-state index contributed by atoms with van der Waals surface area (Å²) in [5.41, 5.74) is 9.74. The van der Waals surface area contributed by atoms with E-state index in [1.54, 1.807) is 13.1 Å². The number of urea groups is 1. The van der Waals surface area contributed by atoms with Gasteiger partial charge in [-0.15, -0.1) is 0 Å². The van der Waals surface area contributed by atoms with E-state index in [0.29, 0.717) is 22.6 Å². The lowest BCUT2D eigenvalue weighted by molar-refractivity contribution is 0.228. The fourth-order valence-electron chi connectivity index (χ4n) is 3.35. The molecule has 0 aliphatic carbocycles. The highest BCUT2D eigenvalue weighted by Crippen LogP contribution is 2.37. The summed E-state index contributed by atoms with van der Waals surface area (Å²) in [6, 6.07) is 9.00. The van der Waals surface area contributed by atoms with E-state index in [2.05, 4.69) is 26.8 Å². The quantitative estimate of drug-likeness (QED) is 0.540. The molecule has 0 saturated heterocycles. The molecule has 0 unspecified atom stereocenters. The first-order valence-electron chi connectivity index (χ1n) is 8.95. The molecule has 4 rings (SSSR count). The van der Waals surface area contributed by atoms with Crippen molar-refractivity contribution >= 4 is 23.4 Å². The van der Waals surface area contributed by atoms with Crippen LogP contribution in [-0.2, 0) is 7.05 Å². The molecule has 9 nitrogen and oxygen atoms in total. The molecule has 0 radical (unpaired) electrons. The molecule has 4 N–H and O–H groups in total. The first kappa shape index (κ1) is 18.3. The lowest BCUT2D eigenvalue weighted by Crippen LogP contribution is -2.22. The van der Waals surface area contributed by atoms with Gasteiger partial charge in [-0.05, 0) is 26.0 Å². The van der Waals surface area contributed by atoms with Crippen molar-refractivity contribution in [2.24, 2.45) is 7.05 Å². The maximum absolute atomic E-state index is 12.7. The molecule has 2 aromatic heterocycles. The van der Waals surface area contributed by atoms with E-state index in [1.165, 1.54) is 10.9 Å². The van der Waals surface area contributed by atoms with Gasteiger partial charge in [-0.3, -0.25) is 10.00 Å². The van der Waals surface area contributed by atoms with Crippen LogP contribution in [0.5, 0.6) is 5.75 Å². The largest absolute Gasteiger partial charge is 0.482 e. The number of hydrogen-bond donors (Lipinski definition) is 3. The van der Waals surface area contributed by atoms with Crippen LogP contribution >= 0.6 is 0 Å². The third kappa shape index (κ3) is 3.21. The Labute approximate surface area is 167 Å². The molecule has 3 aromatic rings. The first-order valence-corrected chi connectivity index (χ1v) is 8.95. The molecule has 1 aromatic carbocycles. The third-order valence-corrected chi connectivity index (χ3v) is 4.75. The number of nitrogen functional groups attached to an aromatic ring is 1. The SMILES string of the molecule is Cc1ccc2c(c1)[C@@H](C)Oc1cc(cnc1N)-c1c(nn(C)c1C#N)NC(=O)N2. The van der Waals surface area contributed by atoms with Gasteiger partial charge in [-0.1, -0.05) is 17.7 Å². The molecule has 2 amide bonds. The van der Waals surface area contributed by atoms with Crippen molar-refractivity contribution in [2.45, 2.75) is 20.0 Å². The van der Waals surface area contributed by atoms with Gasteiger partial charge in [0, 0.05) is 30.1 Å². The van der Waals surface area contributed by atoms with E-state index < -0.39 is 12.1 Å². The standard InChI is InChI=1S/C20H19N7O2/c1-10-4-5-14-13(6-10)11(2)29-16-7-12(9-23-18(16)22)17-15(8-21)27(3)26-19(17)25-20(28)24-14/h4-7,9,11H,1-3H3,(H2,22,23)(H2,24,25,26,28)/t11-/m1/s1. The zero-order chi connectivity index (χ0) is 20.7. The minimum atomic E-state index is -0.477. The monoisotopic (exact) mass is 389 g/mol. The molecular formula is C20H19N7O2. The van der Waals surface area contributed by atoms with Crippen molar-refractivity contribution in [3.63, 3.8) is 0 Å². The summed E-state index contributed by atoms with van der Waals surface area (Å²) in [7, 11) is 1.63. The van der Waals surface area contributed by atoms with Gasteiger partial charge in [0.15, 0.2) is 17.4 Å². The molecule has 146 valence electrons. The maximum Gasteiger partial charge on any atom is 0.324 e. The predicted octanol–water partition coefficient (Wildman–Crippen LogP) is 3.34. The van der Waals surface area contributed by atoms with Crippen LogP contribution in [0, 0.1) is 18.3 Å². The van der Waals surface area contributed by atoms with Crippen LogP contribution in [-0.4, -0.2) is 20.8 Å². The highest BCUT2D eigenvalue weighted by Gasteiger charge is 2.24. The molecule has 1 aliphatic rings. The van der Waals surface area contributed by atoms with Crippen LogP contribution in [0.2, 0.25) is 0 Å². The average Bonchev–Trinajstić information content (AvgIpc) is 2.98. The number of rotatable bonds is 0. The maximum atomic E-state index is 12.7. The third-order valence-electron chi connectivity index (χ3n) is 4.75. The Morgan fingerprint density at radius 3 is 2.86 bits per heavy atom. The molecule has 0 fully saturated rings. The average molecular weight is 389 g/mol. The number of amides is 2. The molecule has 0 spiro atoms. The highest BCUT2D eigenvalue weighted by molar-refractivity contribution is 6.02. The summed E-state index contributed by atoms with van der Waals surface area (Å²) in [5, 5.41) is 19.4. The molecule has 2 bridgehead atoms. The first-order chi connectivity index (χ1) is 13.9. The second kappa shape index (κ2) is 6.83. The minimum absolute atomic E-state index is 0.229. The fraction of sp³-hybridized carbons (Fsp3) is 0.200. The van der Waals surface area contributed by atoms with E-state index >= 15 is 0 Å². The van der Waals surface area contributed by atoms with E-state index in [9.17, 15) is 10.1 Å². The smallest absolute Gasteiger partial charge is 0.324 e. The number of pyridine rings is 1. The molecule has 1 atom stereocenters. The molecule has 29 heavy (non-hydrogen) atoms. The molecule has 0 saturated carbocycles. The second-order valence-electron chi connectivity index (χ2n) is 6.84. The molecule has 1 aliphatic heterocycles. The number of aromatic nitrogens is 3. The number of carbonyl (C=O) groups excluding carboxylic acids is 1. The van der Waals surface area contributed by atoms with Gasteiger partial charge >= 0.3 is 6.03 Å². The topological polar surface area (TPSA) is 131 Å². The summed E-state index contributed by atoms with van der Waals surface area (Å²) in [4.78, 5) is 16.9. The Kier molecular flexibility index (Phi) is 4.31. The van der Waals surface area contributed by atoms with Crippen LogP contribution < -0.4 is 21.1 Å². The minimum Gasteiger partial charge on any atom is -0.482 e. The van der Waals surface area contributed by atoms with Crippen molar-refractivity contribution in [1.29, 1.82) is 5.26 Å². The summed E-state index contributed by atoms with van der Waals surface area (Å²) in [6.45, 7) is 3.83. The highest BCUT2D eigenvalue weighted by atomic mass is 16.5. The predicted molar refractivity (Wildman–Crippen MR) is 108 cm³/mol. The van der Waals surface area contributed by atoms with Crippen LogP contribution in [0.15, 0.2) is 30.5 Å². The molecule has 9 heteroatoms. The van der Waals surface area contributed by atoms with Gasteiger partial charge in [-0.2, -0.15) is 10.4 Å². The van der Waals surface area contributed by atoms with Crippen molar-refractivity contribution in [2.75, 3.05) is 16.4 Å². The van der Waals surface area contributed by atoms with Crippen molar-refractivity contribution < 1.29 is 9.53 Å². The summed E-state index contributed by atoms with van der Waals surface area (Å²) < 4.78 is 7.51. The normalized spacial score (nSPS) is 15.4. The van der Waals surface area contributed by atoms with Gasteiger partial charge < -0.3 is 15.8 Å². The van der Waals surface area contributed by atoms with Gasteiger partial charge in [0.2, 0.25) is 0 Å². The Bertz CT molecular complexity index is 1180. The molecule has 3 heterocycles. The number of nitriles is 1. The number of benzene rings is 1. The fourth-order valence-corrected chi connectivity index (χ4v) is 3.35. The van der Waals surface area contributed by atoms with Crippen LogP contribution in [0.25, 0.3) is 11.1 Å². The lowest BCUT2D eigenvalue weighted by atomic mass is 10.0. The number of carbonyl (C=O) groups is 1. The van der Waals surface area contributed by atoms with Crippen LogP contribution in [0.4, 0.5) is 22.1 Å². The Hall–Kier alpha value is -4.06. The number of anilines is 3. The Balaban J connectivity index is 1.94. The summed E-state index contributed by atoms with van der Waals surface area (Å²) >= 11 is 0. The number of nitrogens with two attached hydrogens (primary N) is 1. The number of nitrogens with one attached hydrogen (secondary N) is 2.